The van der Waals surface area contributed by atoms with E-state index in [2.05, 4.69) is 71.5 Å². The summed E-state index contributed by atoms with van der Waals surface area (Å²) in [6.45, 7) is 3.29. The van der Waals surface area contributed by atoms with Gasteiger partial charge >= 0.3 is 0 Å². The number of nitrogens with one attached hydrogen (secondary N) is 2. The summed E-state index contributed by atoms with van der Waals surface area (Å²) in [7, 11) is 0. The van der Waals surface area contributed by atoms with Gasteiger partial charge in [0.2, 0.25) is 0 Å². The zero-order valence-corrected chi connectivity index (χ0v) is 19.3. The lowest BCUT2D eigenvalue weighted by Gasteiger charge is -2.14. The van der Waals surface area contributed by atoms with Crippen molar-refractivity contribution < 1.29 is 0 Å². The van der Waals surface area contributed by atoms with Crippen molar-refractivity contribution in [3.63, 3.8) is 0 Å². The Morgan fingerprint density at radius 3 is 2.74 bits per heavy atom. The molecule has 7 nitrogen and oxygen atoms in total. The molecule has 6 heterocycles. The molecule has 1 fully saturated rings. The summed E-state index contributed by atoms with van der Waals surface area (Å²) in [5.74, 6) is 0. The molecule has 5 aromatic heterocycles. The molecule has 5 aromatic rings. The molecule has 0 saturated carbocycles. The van der Waals surface area contributed by atoms with E-state index in [9.17, 15) is 0 Å². The summed E-state index contributed by atoms with van der Waals surface area (Å²) in [5, 5.41) is 9.76. The van der Waals surface area contributed by atoms with Gasteiger partial charge in [-0.2, -0.15) is 5.10 Å². The topological polar surface area (TPSA) is 86.4 Å². The Labute approximate surface area is 202 Å². The molecule has 7 heteroatoms. The molecule has 1 aliphatic heterocycles. The first-order chi connectivity index (χ1) is 17.3. The number of allylic oxidation sites excluding steroid dienone is 4. The molecular formula is C28H25N7. The van der Waals surface area contributed by atoms with E-state index < -0.39 is 0 Å². The normalized spacial score (nSPS) is 16.1. The number of H-pyrrole nitrogens is 2. The molecule has 0 unspecified atom stereocenters. The second kappa shape index (κ2) is 8.29. The minimum Gasteiger partial charge on any atom is -0.353 e. The quantitative estimate of drug-likeness (QED) is 0.362. The van der Waals surface area contributed by atoms with Gasteiger partial charge in [-0.1, -0.05) is 18.2 Å². The molecule has 172 valence electrons. The second-order valence-corrected chi connectivity index (χ2v) is 9.36. The van der Waals surface area contributed by atoms with Crippen LogP contribution in [0.4, 0.5) is 0 Å². The highest BCUT2D eigenvalue weighted by molar-refractivity contribution is 5.99. The number of fused-ring (bicyclic) bond motifs is 2. The number of nitrogens with zero attached hydrogens (tertiary/aromatic N) is 5. The first kappa shape index (κ1) is 20.3. The van der Waals surface area contributed by atoms with Gasteiger partial charge in [-0.25, -0.2) is 4.98 Å². The van der Waals surface area contributed by atoms with Crippen LogP contribution in [-0.4, -0.2) is 48.1 Å². The Morgan fingerprint density at radius 2 is 1.86 bits per heavy atom. The van der Waals surface area contributed by atoms with Crippen LogP contribution >= 0.6 is 0 Å². The highest BCUT2D eigenvalue weighted by Crippen LogP contribution is 2.33. The average molecular weight is 460 g/mol. The van der Waals surface area contributed by atoms with Gasteiger partial charge in [0.15, 0.2) is 5.65 Å². The van der Waals surface area contributed by atoms with Crippen molar-refractivity contribution in [2.45, 2.75) is 25.8 Å². The lowest BCUT2D eigenvalue weighted by atomic mass is 10.1. The molecule has 7 rings (SSSR count). The molecule has 35 heavy (non-hydrogen) atoms. The fourth-order valence-corrected chi connectivity index (χ4v) is 5.25. The van der Waals surface area contributed by atoms with E-state index >= 15 is 0 Å². The van der Waals surface area contributed by atoms with Crippen molar-refractivity contribution in [3.8, 4) is 22.5 Å². The van der Waals surface area contributed by atoms with Crippen molar-refractivity contribution in [2.24, 2.45) is 0 Å². The number of hydrogen-bond acceptors (Lipinski definition) is 5. The lowest BCUT2D eigenvalue weighted by Crippen LogP contribution is -2.18. The first-order valence-electron chi connectivity index (χ1n) is 12.2. The minimum absolute atomic E-state index is 0.698. The lowest BCUT2D eigenvalue weighted by molar-refractivity contribution is 0.331. The number of likely N-dealkylation sites (tertiary alicyclic amines) is 1. The van der Waals surface area contributed by atoms with Crippen molar-refractivity contribution in [2.75, 3.05) is 13.1 Å². The monoisotopic (exact) mass is 459 g/mol. The highest BCUT2D eigenvalue weighted by atomic mass is 15.2. The van der Waals surface area contributed by atoms with Crippen LogP contribution in [0.5, 0.6) is 0 Å². The van der Waals surface area contributed by atoms with E-state index in [0.717, 1.165) is 57.5 Å². The molecule has 0 bridgehead atoms. The van der Waals surface area contributed by atoms with Crippen molar-refractivity contribution >= 4 is 27.5 Å². The van der Waals surface area contributed by atoms with Crippen LogP contribution in [0, 0.1) is 0 Å². The molecule has 0 atom stereocenters. The summed E-state index contributed by atoms with van der Waals surface area (Å²) in [4.78, 5) is 19.9. The van der Waals surface area contributed by atoms with Gasteiger partial charge in [0.25, 0.3) is 0 Å². The van der Waals surface area contributed by atoms with Gasteiger partial charge < -0.3 is 4.98 Å². The molecule has 2 aliphatic rings. The van der Waals surface area contributed by atoms with Crippen molar-refractivity contribution in [1.82, 2.24) is 35.0 Å². The third kappa shape index (κ3) is 3.65. The zero-order valence-electron chi connectivity index (χ0n) is 19.3. The van der Waals surface area contributed by atoms with Gasteiger partial charge in [0.1, 0.15) is 0 Å². The van der Waals surface area contributed by atoms with Crippen LogP contribution in [0.25, 0.3) is 50.0 Å². The smallest absolute Gasteiger partial charge is 0.181 e. The van der Waals surface area contributed by atoms with Crippen LogP contribution in [0.1, 0.15) is 30.5 Å². The Balaban J connectivity index is 1.28. The van der Waals surface area contributed by atoms with Gasteiger partial charge in [0, 0.05) is 58.7 Å². The number of pyridine rings is 3. The molecule has 0 amide bonds. The van der Waals surface area contributed by atoms with Gasteiger partial charge in [-0.15, -0.1) is 0 Å². The van der Waals surface area contributed by atoms with E-state index in [1.807, 2.05) is 30.9 Å². The minimum atomic E-state index is 0.698. The predicted molar refractivity (Wildman–Crippen MR) is 138 cm³/mol. The van der Waals surface area contributed by atoms with Crippen LogP contribution in [-0.2, 0) is 6.54 Å². The molecular weight excluding hydrogens is 434 g/mol. The Bertz CT molecular complexity index is 1620. The van der Waals surface area contributed by atoms with Crippen LogP contribution in [0.2, 0.25) is 0 Å². The Morgan fingerprint density at radius 1 is 0.943 bits per heavy atom. The Kier molecular flexibility index (Phi) is 4.80. The van der Waals surface area contributed by atoms with E-state index in [0.29, 0.717) is 5.65 Å². The first-order valence-corrected chi connectivity index (χ1v) is 12.2. The Hall–Kier alpha value is -4.10. The number of aromatic nitrogens is 6. The van der Waals surface area contributed by atoms with E-state index in [-0.39, 0.29) is 0 Å². The van der Waals surface area contributed by atoms with Crippen LogP contribution in [0.3, 0.4) is 0 Å². The fourth-order valence-electron chi connectivity index (χ4n) is 5.25. The van der Waals surface area contributed by atoms with E-state index in [4.69, 9.17) is 0 Å². The largest absolute Gasteiger partial charge is 0.353 e. The molecule has 2 N–H and O–H groups in total. The summed E-state index contributed by atoms with van der Waals surface area (Å²) in [6.07, 6.45) is 17.7. The zero-order chi connectivity index (χ0) is 23.2. The predicted octanol–water partition coefficient (Wildman–Crippen LogP) is 5.50. The summed E-state index contributed by atoms with van der Waals surface area (Å²) >= 11 is 0. The third-order valence-electron chi connectivity index (χ3n) is 7.00. The summed E-state index contributed by atoms with van der Waals surface area (Å²) in [5.41, 5.74) is 9.17. The summed E-state index contributed by atoms with van der Waals surface area (Å²) in [6, 6.07) is 8.56. The van der Waals surface area contributed by atoms with E-state index in [1.165, 1.54) is 37.1 Å². The van der Waals surface area contributed by atoms with E-state index in [1.54, 1.807) is 0 Å². The SMILES string of the molecule is C1=CC(c2nccc3[nH]c(-c4[nH]nc5ncc(-c6cncc(CN7CCCC7)c6)cc45)cc23)=CC1. The fraction of sp³-hybridized carbons (Fsp3) is 0.214. The molecule has 0 radical (unpaired) electrons. The standard InChI is InChI=1S/C28H25N7/c1-2-6-19(5-1)26-22-13-25(32-24(22)7-8-30-26)27-23-12-21(16-31-28(23)34-33-27)20-11-18(14-29-15-20)17-35-9-3-4-10-35/h1,5-8,11-16,32H,2-4,9-10,17H2,(H,31,33,34). The third-order valence-corrected chi connectivity index (χ3v) is 7.00. The molecule has 1 aliphatic carbocycles. The maximum atomic E-state index is 4.66. The number of rotatable bonds is 5. The molecule has 0 spiro atoms. The van der Waals surface area contributed by atoms with Crippen LogP contribution in [0.15, 0.2) is 67.3 Å². The van der Waals surface area contributed by atoms with Gasteiger partial charge in [0.05, 0.1) is 17.1 Å². The van der Waals surface area contributed by atoms with Crippen molar-refractivity contribution in [3.05, 3.63) is 78.5 Å². The van der Waals surface area contributed by atoms with Gasteiger partial charge in [-0.3, -0.25) is 20.0 Å². The van der Waals surface area contributed by atoms with Crippen LogP contribution < -0.4 is 0 Å². The second-order valence-electron chi connectivity index (χ2n) is 9.36. The maximum Gasteiger partial charge on any atom is 0.181 e. The van der Waals surface area contributed by atoms with Crippen molar-refractivity contribution in [1.29, 1.82) is 0 Å². The number of hydrogen-bond donors (Lipinski definition) is 2. The molecule has 1 saturated heterocycles. The number of aromatic amines is 2. The molecule has 0 aromatic carbocycles. The summed E-state index contributed by atoms with van der Waals surface area (Å²) < 4.78 is 0. The highest BCUT2D eigenvalue weighted by Gasteiger charge is 2.17. The average Bonchev–Trinajstić information content (AvgIpc) is 3.70. The maximum absolute atomic E-state index is 4.66. The van der Waals surface area contributed by atoms with Gasteiger partial charge in [-0.05, 0) is 67.8 Å².